The van der Waals surface area contributed by atoms with E-state index in [2.05, 4.69) is 74.6 Å². The summed E-state index contributed by atoms with van der Waals surface area (Å²) in [6, 6.07) is 0. The van der Waals surface area contributed by atoms with Crippen molar-refractivity contribution < 1.29 is 42.9 Å². The molecule has 0 saturated carbocycles. The third-order valence-electron chi connectivity index (χ3n) is 14.0. The van der Waals surface area contributed by atoms with Crippen molar-refractivity contribution >= 4 is 17.9 Å². The second kappa shape index (κ2) is 58.1. The van der Waals surface area contributed by atoms with Crippen molar-refractivity contribution in [3.05, 3.63) is 60.8 Å². The maximum absolute atomic E-state index is 12.9. The van der Waals surface area contributed by atoms with Gasteiger partial charge in [-0.25, -0.2) is 4.79 Å². The van der Waals surface area contributed by atoms with Gasteiger partial charge >= 0.3 is 17.9 Å². The van der Waals surface area contributed by atoms with Crippen molar-refractivity contribution in [2.45, 2.75) is 302 Å². The Morgan fingerprint density at radius 3 is 1.12 bits per heavy atom. The number of nitrogens with zero attached hydrogens (tertiary/aromatic N) is 1. The van der Waals surface area contributed by atoms with Gasteiger partial charge < -0.3 is 28.5 Å². The van der Waals surface area contributed by atoms with Gasteiger partial charge in [0.15, 0.2) is 6.10 Å². The number of carbonyl (C=O) groups is 3. The Hall–Kier alpha value is -3.01. The molecule has 9 nitrogen and oxygen atoms in total. The molecule has 0 aliphatic heterocycles. The highest BCUT2D eigenvalue weighted by molar-refractivity contribution is 5.71. The van der Waals surface area contributed by atoms with Gasteiger partial charge in [0, 0.05) is 12.8 Å². The van der Waals surface area contributed by atoms with Crippen LogP contribution in [0.2, 0.25) is 0 Å². The molecule has 0 fully saturated rings. The molecule has 0 aliphatic carbocycles. The summed E-state index contributed by atoms with van der Waals surface area (Å²) in [5, 5.41) is 9.72. The predicted molar refractivity (Wildman–Crippen MR) is 323 cm³/mol. The number of rotatable bonds is 59. The molecule has 0 radical (unpaired) electrons. The van der Waals surface area contributed by atoms with E-state index in [0.29, 0.717) is 23.9 Å². The lowest BCUT2D eigenvalue weighted by Crippen LogP contribution is -2.40. The van der Waals surface area contributed by atoms with Gasteiger partial charge in [0.25, 0.3) is 6.29 Å². The van der Waals surface area contributed by atoms with Crippen LogP contribution in [0, 0.1) is 0 Å². The fourth-order valence-electron chi connectivity index (χ4n) is 9.16. The lowest BCUT2D eigenvalue weighted by Gasteiger charge is -2.25. The van der Waals surface area contributed by atoms with Gasteiger partial charge in [-0.1, -0.05) is 280 Å². The van der Waals surface area contributed by atoms with Crippen LogP contribution in [0.3, 0.4) is 0 Å². The highest BCUT2D eigenvalue weighted by atomic mass is 16.7. The molecule has 0 aliphatic rings. The molecule has 0 rings (SSSR count). The molecule has 0 aromatic rings. The Morgan fingerprint density at radius 1 is 0.408 bits per heavy atom. The van der Waals surface area contributed by atoms with Crippen LogP contribution in [0.25, 0.3) is 0 Å². The standard InChI is InChI=1S/C67H121NO8/c1-6-8-10-12-14-16-18-20-22-24-26-28-29-30-31-32-33-34-35-36-38-39-41-43-45-47-49-51-53-55-57-64(69)74-61-63(62-75-67(66(71)72)73-60-59-68(3,4)5)76-65(70)58-56-54-52-50-48-46-44-42-40-37-27-25-23-21-19-17-15-13-11-9-7-2/h9,11,15,17,21,23,27,37,42,44,63,67H,6-8,10,12-14,16,18-20,22,24-26,28-36,38-41,43,45-62H2,1-5H3/p+1/b11-9-,17-15-,23-21-,37-27-,44-42-. The van der Waals surface area contributed by atoms with Gasteiger partial charge in [-0.3, -0.25) is 9.59 Å². The third-order valence-corrected chi connectivity index (χ3v) is 14.0. The molecule has 0 amide bonds. The molecule has 0 aromatic heterocycles. The number of esters is 2. The smallest absolute Gasteiger partial charge is 0.361 e. The van der Waals surface area contributed by atoms with E-state index >= 15 is 0 Å². The van der Waals surface area contributed by atoms with Crippen molar-refractivity contribution in [3.8, 4) is 0 Å². The lowest BCUT2D eigenvalue weighted by atomic mass is 10.0. The summed E-state index contributed by atoms with van der Waals surface area (Å²) >= 11 is 0. The summed E-state index contributed by atoms with van der Waals surface area (Å²) in [5.41, 5.74) is 0. The van der Waals surface area contributed by atoms with Crippen LogP contribution >= 0.6 is 0 Å². The molecule has 76 heavy (non-hydrogen) atoms. The van der Waals surface area contributed by atoms with Crippen molar-refractivity contribution in [3.63, 3.8) is 0 Å². The maximum atomic E-state index is 12.9. The summed E-state index contributed by atoms with van der Waals surface area (Å²) < 4.78 is 22.9. The summed E-state index contributed by atoms with van der Waals surface area (Å²) in [6.45, 7) is 4.78. The molecule has 0 saturated heterocycles. The molecule has 2 unspecified atom stereocenters. The Morgan fingerprint density at radius 2 is 0.750 bits per heavy atom. The number of quaternary nitrogens is 1. The van der Waals surface area contributed by atoms with Gasteiger partial charge in [-0.15, -0.1) is 0 Å². The first-order valence-corrected chi connectivity index (χ1v) is 32.0. The fourth-order valence-corrected chi connectivity index (χ4v) is 9.16. The Balaban J connectivity index is 4.14. The number of hydrogen-bond acceptors (Lipinski definition) is 7. The van der Waals surface area contributed by atoms with Crippen molar-refractivity contribution in [2.75, 3.05) is 47.5 Å². The van der Waals surface area contributed by atoms with E-state index in [9.17, 15) is 19.5 Å². The minimum absolute atomic E-state index is 0.182. The van der Waals surface area contributed by atoms with Crippen molar-refractivity contribution in [1.82, 2.24) is 0 Å². The molecule has 442 valence electrons. The number of carboxylic acids is 1. The number of ether oxygens (including phenoxy) is 4. The maximum Gasteiger partial charge on any atom is 0.361 e. The SMILES string of the molecule is CC/C=C\C/C=C\C/C=C\C/C=C\C/C=C\CCCCCCCC(=O)OC(COC(=O)CCCCCCCCCCCCCCCCCCCCCCCCCCCCCCCC)COC(OCC[N+](C)(C)C)C(=O)O. The number of allylic oxidation sites excluding steroid dienone is 10. The molecular weight excluding hydrogens is 947 g/mol. The van der Waals surface area contributed by atoms with E-state index in [0.717, 1.165) is 83.5 Å². The molecule has 1 N–H and O–H groups in total. The van der Waals surface area contributed by atoms with Gasteiger partial charge in [0.1, 0.15) is 13.2 Å². The van der Waals surface area contributed by atoms with Crippen LogP contribution in [-0.2, 0) is 33.3 Å². The molecule has 9 heteroatoms. The Bertz CT molecular complexity index is 1430. The quantitative estimate of drug-likeness (QED) is 0.0211. The minimum Gasteiger partial charge on any atom is -0.477 e. The monoisotopic (exact) mass is 1070 g/mol. The summed E-state index contributed by atoms with van der Waals surface area (Å²) in [6.07, 6.45) is 71.8. The molecule has 2 atom stereocenters. The largest absolute Gasteiger partial charge is 0.477 e. The molecule has 0 heterocycles. The fraction of sp³-hybridized carbons (Fsp3) is 0.806. The molecular formula is C67H122NO8+. The average Bonchev–Trinajstić information content (AvgIpc) is 3.39. The van der Waals surface area contributed by atoms with Gasteiger partial charge in [0.2, 0.25) is 0 Å². The third kappa shape index (κ3) is 58.7. The average molecular weight is 1070 g/mol. The zero-order chi connectivity index (χ0) is 55.5. The Labute approximate surface area is 469 Å². The Kier molecular flexibility index (Phi) is 55.8. The lowest BCUT2D eigenvalue weighted by molar-refractivity contribution is -0.870. The van der Waals surface area contributed by atoms with Gasteiger partial charge in [-0.2, -0.15) is 0 Å². The first-order valence-electron chi connectivity index (χ1n) is 32.0. The molecule has 0 bridgehead atoms. The first kappa shape index (κ1) is 73.0. The molecule has 0 aromatic carbocycles. The van der Waals surface area contributed by atoms with Gasteiger partial charge in [0.05, 0.1) is 34.4 Å². The second-order valence-electron chi connectivity index (χ2n) is 22.7. The summed E-state index contributed by atoms with van der Waals surface area (Å²) in [4.78, 5) is 37.5. The van der Waals surface area contributed by atoms with Crippen LogP contribution < -0.4 is 0 Å². The number of carboxylic acid groups (broad SMARTS) is 1. The zero-order valence-corrected chi connectivity index (χ0v) is 50.4. The zero-order valence-electron chi connectivity index (χ0n) is 50.4. The topological polar surface area (TPSA) is 108 Å². The number of carbonyl (C=O) groups excluding carboxylic acids is 2. The van der Waals surface area contributed by atoms with Crippen LogP contribution in [0.15, 0.2) is 60.8 Å². The van der Waals surface area contributed by atoms with E-state index in [1.165, 1.54) is 173 Å². The summed E-state index contributed by atoms with van der Waals surface area (Å²) in [5.74, 6) is -2.02. The van der Waals surface area contributed by atoms with Crippen LogP contribution in [0.4, 0.5) is 0 Å². The van der Waals surface area contributed by atoms with Crippen LogP contribution in [0.5, 0.6) is 0 Å². The van der Waals surface area contributed by atoms with E-state index in [-0.39, 0.29) is 32.2 Å². The normalized spacial score (nSPS) is 13.1. The van der Waals surface area contributed by atoms with Crippen LogP contribution in [0.1, 0.15) is 290 Å². The van der Waals surface area contributed by atoms with E-state index in [1.54, 1.807) is 0 Å². The predicted octanol–water partition coefficient (Wildman–Crippen LogP) is 19.2. The first-order chi connectivity index (χ1) is 37.1. The van der Waals surface area contributed by atoms with Gasteiger partial charge in [-0.05, 0) is 57.8 Å². The minimum atomic E-state index is -1.52. The highest BCUT2D eigenvalue weighted by Gasteiger charge is 2.25. The highest BCUT2D eigenvalue weighted by Crippen LogP contribution is 2.18. The number of hydrogen-bond donors (Lipinski definition) is 1. The summed E-state index contributed by atoms with van der Waals surface area (Å²) in [7, 11) is 5.97. The number of unbranched alkanes of at least 4 members (excludes halogenated alkanes) is 34. The van der Waals surface area contributed by atoms with E-state index in [1.807, 2.05) is 21.1 Å². The number of aliphatic carboxylic acids is 1. The second-order valence-corrected chi connectivity index (χ2v) is 22.7. The molecule has 0 spiro atoms. The van der Waals surface area contributed by atoms with Crippen LogP contribution in [-0.4, -0.2) is 87.4 Å². The van der Waals surface area contributed by atoms with Crippen molar-refractivity contribution in [2.24, 2.45) is 0 Å². The van der Waals surface area contributed by atoms with E-state index < -0.39 is 24.3 Å². The number of likely N-dealkylation sites (N-methyl/N-ethyl adjacent to an activating group) is 1. The van der Waals surface area contributed by atoms with E-state index in [4.69, 9.17) is 18.9 Å². The van der Waals surface area contributed by atoms with Crippen molar-refractivity contribution in [1.29, 1.82) is 0 Å².